The molecule has 0 aromatic heterocycles. The van der Waals surface area contributed by atoms with Crippen molar-refractivity contribution in [2.45, 2.75) is 0 Å². The van der Waals surface area contributed by atoms with Crippen LogP contribution in [0.5, 0.6) is 11.5 Å². The number of rotatable bonds is 7. The molecule has 0 spiro atoms. The van der Waals surface area contributed by atoms with Gasteiger partial charge in [-0.1, -0.05) is 34.1 Å². The highest BCUT2D eigenvalue weighted by Crippen LogP contribution is 2.34. The van der Waals surface area contributed by atoms with E-state index in [1.54, 1.807) is 36.4 Å². The molecule has 0 aliphatic heterocycles. The molecule has 0 heterocycles. The Hall–Kier alpha value is -3.31. The number of hydrogen-bond donors (Lipinski definition) is 1. The van der Waals surface area contributed by atoms with Gasteiger partial charge in [0.1, 0.15) is 11.6 Å². The summed E-state index contributed by atoms with van der Waals surface area (Å²) in [6.45, 7) is -0.280. The molecule has 0 fully saturated rings. The van der Waals surface area contributed by atoms with Crippen LogP contribution in [0.15, 0.2) is 52.5 Å². The number of esters is 1. The fourth-order valence-electron chi connectivity index (χ4n) is 2.15. The van der Waals surface area contributed by atoms with E-state index in [-0.39, 0.29) is 12.2 Å². The minimum absolute atomic E-state index is 0.0881. The van der Waals surface area contributed by atoms with E-state index < -0.39 is 11.9 Å². The Morgan fingerprint density at radius 1 is 1.18 bits per heavy atom. The highest BCUT2D eigenvalue weighted by atomic mass is 79.9. The van der Waals surface area contributed by atoms with Gasteiger partial charge >= 0.3 is 5.97 Å². The molecule has 1 amide bonds. The Balaban J connectivity index is 2.28. The number of nitrogens with one attached hydrogen (secondary N) is 1. The predicted octanol–water partition coefficient (Wildman–Crippen LogP) is 3.56. The Morgan fingerprint density at radius 3 is 2.50 bits per heavy atom. The fourth-order valence-corrected chi connectivity index (χ4v) is 2.59. The van der Waals surface area contributed by atoms with Crippen molar-refractivity contribution in [2.24, 2.45) is 0 Å². The summed E-state index contributed by atoms with van der Waals surface area (Å²) in [6, 6.07) is 13.9. The number of para-hydroxylation sites is 1. The molecule has 7 nitrogen and oxygen atoms in total. The zero-order valence-electron chi connectivity index (χ0n) is 15.2. The molecule has 28 heavy (non-hydrogen) atoms. The van der Waals surface area contributed by atoms with Crippen LogP contribution in [0.4, 0.5) is 5.69 Å². The largest absolute Gasteiger partial charge is 0.493 e. The van der Waals surface area contributed by atoms with Gasteiger partial charge in [-0.05, 0) is 35.9 Å². The van der Waals surface area contributed by atoms with Gasteiger partial charge in [-0.15, -0.1) is 0 Å². The number of methoxy groups -OCH3 is 2. The summed E-state index contributed by atoms with van der Waals surface area (Å²) in [4.78, 5) is 23.6. The molecule has 0 saturated carbocycles. The van der Waals surface area contributed by atoms with E-state index >= 15 is 0 Å². The maximum Gasteiger partial charge on any atom is 0.343 e. The quantitative estimate of drug-likeness (QED) is 0.398. The average molecular weight is 445 g/mol. The number of benzene rings is 2. The van der Waals surface area contributed by atoms with Gasteiger partial charge in [0, 0.05) is 10.2 Å². The third kappa shape index (κ3) is 5.59. The maximum atomic E-state index is 12.4. The van der Waals surface area contributed by atoms with Crippen molar-refractivity contribution in [1.82, 2.24) is 0 Å². The Kier molecular flexibility index (Phi) is 7.60. The van der Waals surface area contributed by atoms with Crippen LogP contribution in [0.3, 0.4) is 0 Å². The molecule has 0 saturated heterocycles. The van der Waals surface area contributed by atoms with Gasteiger partial charge in [-0.3, -0.25) is 4.79 Å². The SMILES string of the molecule is COC(=O)COc1cc(Br)c(/C=C(/C#N)C(=O)Nc2ccccc2)cc1OC. The summed E-state index contributed by atoms with van der Waals surface area (Å²) in [7, 11) is 2.70. The Morgan fingerprint density at radius 2 is 1.89 bits per heavy atom. The van der Waals surface area contributed by atoms with E-state index in [0.29, 0.717) is 27.2 Å². The number of anilines is 1. The average Bonchev–Trinajstić information content (AvgIpc) is 2.71. The second kappa shape index (κ2) is 10.1. The first-order valence-electron chi connectivity index (χ1n) is 8.03. The number of carbonyl (C=O) groups excluding carboxylic acids is 2. The van der Waals surface area contributed by atoms with E-state index in [1.807, 2.05) is 12.1 Å². The molecule has 1 N–H and O–H groups in total. The zero-order valence-corrected chi connectivity index (χ0v) is 16.8. The number of hydrogen-bond acceptors (Lipinski definition) is 6. The first-order chi connectivity index (χ1) is 13.5. The van der Waals surface area contributed by atoms with Crippen LogP contribution in [-0.4, -0.2) is 32.7 Å². The summed E-state index contributed by atoms with van der Waals surface area (Å²) >= 11 is 3.37. The lowest BCUT2D eigenvalue weighted by Crippen LogP contribution is -2.13. The maximum absolute atomic E-state index is 12.4. The van der Waals surface area contributed by atoms with Crippen molar-refractivity contribution < 1.29 is 23.8 Å². The van der Waals surface area contributed by atoms with E-state index in [0.717, 1.165) is 0 Å². The number of halogens is 1. The van der Waals surface area contributed by atoms with Gasteiger partial charge in [0.2, 0.25) is 0 Å². The summed E-state index contributed by atoms with van der Waals surface area (Å²) in [5.74, 6) is -0.430. The number of nitriles is 1. The van der Waals surface area contributed by atoms with E-state index in [1.165, 1.54) is 20.3 Å². The molecule has 8 heteroatoms. The van der Waals surface area contributed by atoms with Crippen LogP contribution in [0, 0.1) is 11.3 Å². The van der Waals surface area contributed by atoms with E-state index in [9.17, 15) is 14.9 Å². The summed E-state index contributed by atoms with van der Waals surface area (Å²) in [5.41, 5.74) is 1.02. The van der Waals surface area contributed by atoms with Gasteiger partial charge in [-0.2, -0.15) is 5.26 Å². The number of carbonyl (C=O) groups is 2. The second-order valence-electron chi connectivity index (χ2n) is 5.38. The van der Waals surface area contributed by atoms with E-state index in [2.05, 4.69) is 26.0 Å². The first kappa shape index (κ1) is 21.0. The molecule has 2 aromatic rings. The third-order valence-corrected chi connectivity index (χ3v) is 4.24. The van der Waals surface area contributed by atoms with Crippen LogP contribution in [0.2, 0.25) is 0 Å². The van der Waals surface area contributed by atoms with Crippen LogP contribution in [-0.2, 0) is 14.3 Å². The van der Waals surface area contributed by atoms with Crippen molar-refractivity contribution >= 4 is 39.6 Å². The van der Waals surface area contributed by atoms with Gasteiger partial charge in [0.05, 0.1) is 14.2 Å². The zero-order chi connectivity index (χ0) is 20.5. The topological polar surface area (TPSA) is 97.7 Å². The minimum atomic E-state index is -0.536. The Bertz CT molecular complexity index is 936. The van der Waals surface area contributed by atoms with E-state index in [4.69, 9.17) is 9.47 Å². The Labute approximate surface area is 170 Å². The van der Waals surface area contributed by atoms with Crippen LogP contribution in [0.1, 0.15) is 5.56 Å². The summed E-state index contributed by atoms with van der Waals surface area (Å²) < 4.78 is 15.7. The normalized spacial score (nSPS) is 10.6. The lowest BCUT2D eigenvalue weighted by molar-refractivity contribution is -0.142. The van der Waals surface area contributed by atoms with Gasteiger partial charge < -0.3 is 19.5 Å². The lowest BCUT2D eigenvalue weighted by atomic mass is 10.1. The van der Waals surface area contributed by atoms with Crippen molar-refractivity contribution in [3.05, 3.63) is 58.1 Å². The summed E-state index contributed by atoms with van der Waals surface area (Å²) in [6.07, 6.45) is 1.43. The highest BCUT2D eigenvalue weighted by molar-refractivity contribution is 9.10. The molecular formula is C20H17BrN2O5. The molecular weight excluding hydrogens is 428 g/mol. The molecule has 0 radical (unpaired) electrons. The molecule has 0 aliphatic carbocycles. The number of ether oxygens (including phenoxy) is 3. The molecule has 0 bridgehead atoms. The van der Waals surface area contributed by atoms with Gasteiger partial charge in [0.15, 0.2) is 18.1 Å². The van der Waals surface area contributed by atoms with Gasteiger partial charge in [-0.25, -0.2) is 4.79 Å². The monoisotopic (exact) mass is 444 g/mol. The third-order valence-electron chi connectivity index (χ3n) is 3.55. The predicted molar refractivity (Wildman–Crippen MR) is 107 cm³/mol. The van der Waals surface area contributed by atoms with Crippen molar-refractivity contribution in [3.63, 3.8) is 0 Å². The lowest BCUT2D eigenvalue weighted by Gasteiger charge is -2.12. The smallest absolute Gasteiger partial charge is 0.343 e. The first-order valence-corrected chi connectivity index (χ1v) is 8.83. The highest BCUT2D eigenvalue weighted by Gasteiger charge is 2.14. The van der Waals surface area contributed by atoms with Gasteiger partial charge in [0.25, 0.3) is 5.91 Å². The van der Waals surface area contributed by atoms with Crippen molar-refractivity contribution in [3.8, 4) is 17.6 Å². The molecule has 2 aromatic carbocycles. The minimum Gasteiger partial charge on any atom is -0.493 e. The van der Waals surface area contributed by atoms with Crippen LogP contribution >= 0.6 is 15.9 Å². The van der Waals surface area contributed by atoms with Crippen LogP contribution < -0.4 is 14.8 Å². The van der Waals surface area contributed by atoms with Crippen LogP contribution in [0.25, 0.3) is 6.08 Å². The number of amides is 1. The molecule has 144 valence electrons. The molecule has 0 atom stereocenters. The summed E-state index contributed by atoms with van der Waals surface area (Å²) in [5, 5.41) is 12.0. The van der Waals surface area contributed by atoms with Crippen molar-refractivity contribution in [2.75, 3.05) is 26.1 Å². The number of nitrogens with zero attached hydrogens (tertiary/aromatic N) is 1. The molecule has 2 rings (SSSR count). The standard InChI is InChI=1S/C20H17BrN2O5/c1-26-17-9-13(16(21)10-18(17)28-12-19(24)27-2)8-14(11-22)20(25)23-15-6-4-3-5-7-15/h3-10H,12H2,1-2H3,(H,23,25)/b14-8-. The molecule has 0 aliphatic rings. The molecule has 0 unspecified atom stereocenters. The fraction of sp³-hybridized carbons (Fsp3) is 0.150. The van der Waals surface area contributed by atoms with Crippen molar-refractivity contribution in [1.29, 1.82) is 5.26 Å². The second-order valence-corrected chi connectivity index (χ2v) is 6.23.